The minimum Gasteiger partial charge on any atom is -0.315 e. The number of nitrogens with one attached hydrogen (secondary N) is 1. The molecule has 0 amide bonds. The highest BCUT2D eigenvalue weighted by molar-refractivity contribution is 4.59. The van der Waals surface area contributed by atoms with Gasteiger partial charge in [0.2, 0.25) is 0 Å². The maximum absolute atomic E-state index is 3.43. The number of rotatable bonds is 6. The van der Waals surface area contributed by atoms with Crippen molar-refractivity contribution in [1.29, 1.82) is 0 Å². The molecule has 0 heterocycles. The second-order valence-electron chi connectivity index (χ2n) is 4.17. The Balaban J connectivity index is 3.20. The fourth-order valence-corrected chi connectivity index (χ4v) is 0.904. The Morgan fingerprint density at radius 3 is 2.17 bits per heavy atom. The molecular weight excluding hydrogens is 148 g/mol. The molecule has 0 unspecified atom stereocenters. The van der Waals surface area contributed by atoms with Gasteiger partial charge in [0, 0.05) is 19.1 Å². The Bertz CT molecular complexity index is 100. The molecule has 0 saturated heterocycles. The van der Waals surface area contributed by atoms with Crippen LogP contribution in [0.25, 0.3) is 0 Å². The van der Waals surface area contributed by atoms with Gasteiger partial charge in [0.15, 0.2) is 0 Å². The summed E-state index contributed by atoms with van der Waals surface area (Å²) in [6, 6.07) is 0.658. The highest BCUT2D eigenvalue weighted by atomic mass is 15.1. The maximum atomic E-state index is 3.43. The molecule has 1 N–H and O–H groups in total. The molecule has 2 heteroatoms. The minimum atomic E-state index is 0.658. The summed E-state index contributed by atoms with van der Waals surface area (Å²) >= 11 is 0. The predicted molar refractivity (Wildman–Crippen MR) is 55.5 cm³/mol. The topological polar surface area (TPSA) is 15.3 Å². The van der Waals surface area contributed by atoms with Crippen molar-refractivity contribution < 1.29 is 0 Å². The summed E-state index contributed by atoms with van der Waals surface area (Å²) in [4.78, 5) is 2.35. The van der Waals surface area contributed by atoms with Crippen molar-refractivity contribution in [2.24, 2.45) is 5.92 Å². The van der Waals surface area contributed by atoms with Gasteiger partial charge in [-0.15, -0.1) is 0 Å². The summed E-state index contributed by atoms with van der Waals surface area (Å²) in [5.74, 6) is 0.759. The molecule has 12 heavy (non-hydrogen) atoms. The van der Waals surface area contributed by atoms with Gasteiger partial charge in [-0.3, -0.25) is 0 Å². The molecule has 0 saturated carbocycles. The van der Waals surface area contributed by atoms with E-state index in [1.807, 2.05) is 0 Å². The standard InChI is InChI=1S/C10H24N2/c1-9(2)8-11-6-7-12(5)10(3)4/h9-11H,6-8H2,1-5H3. The van der Waals surface area contributed by atoms with E-state index in [0.717, 1.165) is 25.6 Å². The first-order chi connectivity index (χ1) is 5.54. The summed E-state index contributed by atoms with van der Waals surface area (Å²) in [6.45, 7) is 12.3. The van der Waals surface area contributed by atoms with Crippen LogP contribution in [0, 0.1) is 5.92 Å². The summed E-state index contributed by atoms with van der Waals surface area (Å²) < 4.78 is 0. The van der Waals surface area contributed by atoms with Gasteiger partial charge in [-0.25, -0.2) is 0 Å². The largest absolute Gasteiger partial charge is 0.315 e. The third-order valence-electron chi connectivity index (χ3n) is 2.08. The molecule has 2 nitrogen and oxygen atoms in total. The van der Waals surface area contributed by atoms with Gasteiger partial charge in [-0.1, -0.05) is 13.8 Å². The molecule has 0 aromatic carbocycles. The van der Waals surface area contributed by atoms with Crippen LogP contribution in [0.15, 0.2) is 0 Å². The van der Waals surface area contributed by atoms with Gasteiger partial charge in [0.05, 0.1) is 0 Å². The van der Waals surface area contributed by atoms with Crippen LogP contribution in [0.1, 0.15) is 27.7 Å². The van der Waals surface area contributed by atoms with Crippen molar-refractivity contribution in [3.63, 3.8) is 0 Å². The smallest absolute Gasteiger partial charge is 0.0106 e. The molecule has 0 aliphatic heterocycles. The Morgan fingerprint density at radius 2 is 1.75 bits per heavy atom. The lowest BCUT2D eigenvalue weighted by molar-refractivity contribution is 0.272. The van der Waals surface area contributed by atoms with Crippen LogP contribution < -0.4 is 5.32 Å². The normalized spacial score (nSPS) is 12.0. The van der Waals surface area contributed by atoms with E-state index in [0.29, 0.717) is 6.04 Å². The van der Waals surface area contributed by atoms with Crippen molar-refractivity contribution in [2.45, 2.75) is 33.7 Å². The zero-order valence-corrected chi connectivity index (χ0v) is 9.22. The van der Waals surface area contributed by atoms with E-state index < -0.39 is 0 Å². The molecule has 0 bridgehead atoms. The summed E-state index contributed by atoms with van der Waals surface area (Å²) in [6.07, 6.45) is 0. The first-order valence-electron chi connectivity index (χ1n) is 4.95. The summed E-state index contributed by atoms with van der Waals surface area (Å²) in [5.41, 5.74) is 0. The third-order valence-corrected chi connectivity index (χ3v) is 2.08. The van der Waals surface area contributed by atoms with E-state index in [1.165, 1.54) is 0 Å². The third kappa shape index (κ3) is 6.62. The van der Waals surface area contributed by atoms with Gasteiger partial charge >= 0.3 is 0 Å². The first kappa shape index (κ1) is 11.9. The Hall–Kier alpha value is -0.0800. The second kappa shape index (κ2) is 6.44. The Morgan fingerprint density at radius 1 is 1.17 bits per heavy atom. The molecule has 0 atom stereocenters. The molecule has 0 radical (unpaired) electrons. The van der Waals surface area contributed by atoms with Gasteiger partial charge in [-0.05, 0) is 33.4 Å². The summed E-state index contributed by atoms with van der Waals surface area (Å²) in [5, 5.41) is 3.43. The SMILES string of the molecule is CC(C)CNCCN(C)C(C)C. The number of likely N-dealkylation sites (N-methyl/N-ethyl adjacent to an activating group) is 1. The Labute approximate surface area is 77.3 Å². The van der Waals surface area contributed by atoms with E-state index in [1.54, 1.807) is 0 Å². The molecule has 0 aromatic rings. The van der Waals surface area contributed by atoms with E-state index >= 15 is 0 Å². The van der Waals surface area contributed by atoms with Gasteiger partial charge in [0.1, 0.15) is 0 Å². The number of nitrogens with zero attached hydrogens (tertiary/aromatic N) is 1. The van der Waals surface area contributed by atoms with Gasteiger partial charge in [-0.2, -0.15) is 0 Å². The van der Waals surface area contributed by atoms with E-state index in [9.17, 15) is 0 Å². The van der Waals surface area contributed by atoms with Crippen LogP contribution in [0.3, 0.4) is 0 Å². The van der Waals surface area contributed by atoms with Crippen LogP contribution in [-0.2, 0) is 0 Å². The Kier molecular flexibility index (Phi) is 6.39. The zero-order valence-electron chi connectivity index (χ0n) is 9.22. The molecule has 0 aromatic heterocycles. The number of hydrogen-bond acceptors (Lipinski definition) is 2. The van der Waals surface area contributed by atoms with Crippen molar-refractivity contribution in [3.05, 3.63) is 0 Å². The van der Waals surface area contributed by atoms with Crippen LogP contribution in [0.2, 0.25) is 0 Å². The lowest BCUT2D eigenvalue weighted by atomic mass is 10.2. The average Bonchev–Trinajstić information content (AvgIpc) is 1.97. The van der Waals surface area contributed by atoms with Crippen LogP contribution in [0.4, 0.5) is 0 Å². The quantitative estimate of drug-likeness (QED) is 0.612. The van der Waals surface area contributed by atoms with Crippen molar-refractivity contribution >= 4 is 0 Å². The molecule has 74 valence electrons. The van der Waals surface area contributed by atoms with Gasteiger partial charge < -0.3 is 10.2 Å². The van der Waals surface area contributed by atoms with E-state index in [-0.39, 0.29) is 0 Å². The van der Waals surface area contributed by atoms with Crippen LogP contribution in [-0.4, -0.2) is 37.6 Å². The van der Waals surface area contributed by atoms with E-state index in [4.69, 9.17) is 0 Å². The monoisotopic (exact) mass is 172 g/mol. The fraction of sp³-hybridized carbons (Fsp3) is 1.00. The lowest BCUT2D eigenvalue weighted by Gasteiger charge is -2.21. The first-order valence-corrected chi connectivity index (χ1v) is 4.95. The molecule has 0 aliphatic carbocycles. The highest BCUT2D eigenvalue weighted by Gasteiger charge is 2.01. The average molecular weight is 172 g/mol. The molecule has 0 rings (SSSR count). The van der Waals surface area contributed by atoms with Crippen molar-refractivity contribution in [3.8, 4) is 0 Å². The van der Waals surface area contributed by atoms with Crippen molar-refractivity contribution in [2.75, 3.05) is 26.7 Å². The fourth-order valence-electron chi connectivity index (χ4n) is 0.904. The highest BCUT2D eigenvalue weighted by Crippen LogP contribution is 1.91. The summed E-state index contributed by atoms with van der Waals surface area (Å²) in [7, 11) is 2.17. The van der Waals surface area contributed by atoms with Crippen molar-refractivity contribution in [1.82, 2.24) is 10.2 Å². The molecule has 0 aliphatic rings. The minimum absolute atomic E-state index is 0.658. The van der Waals surface area contributed by atoms with Gasteiger partial charge in [0.25, 0.3) is 0 Å². The van der Waals surface area contributed by atoms with Crippen LogP contribution in [0.5, 0.6) is 0 Å². The van der Waals surface area contributed by atoms with Crippen LogP contribution >= 0.6 is 0 Å². The molecule has 0 fully saturated rings. The number of hydrogen-bond donors (Lipinski definition) is 1. The predicted octanol–water partition coefficient (Wildman–Crippen LogP) is 1.57. The molecule has 0 spiro atoms. The molecular formula is C10H24N2. The zero-order chi connectivity index (χ0) is 9.56. The second-order valence-corrected chi connectivity index (χ2v) is 4.17. The lowest BCUT2D eigenvalue weighted by Crippen LogP contribution is -2.34. The maximum Gasteiger partial charge on any atom is 0.0106 e. The van der Waals surface area contributed by atoms with E-state index in [2.05, 4.69) is 45.0 Å².